The Hall–Kier alpha value is -1.08. The first-order chi connectivity index (χ1) is 7.74. The highest BCUT2D eigenvalue weighted by molar-refractivity contribution is 7.38. The zero-order chi connectivity index (χ0) is 11.8. The average molecular weight is 239 g/mol. The zero-order valence-corrected chi connectivity index (χ0v) is 10.5. The van der Waals surface area contributed by atoms with Crippen molar-refractivity contribution in [2.45, 2.75) is 12.8 Å². The standard InChI is InChI=1S/C8H9NO2.C4H9P/c1-11-7-4-2-6(3-5-7)8(9)10;1-2-4-5-3-1/h2-5H,1H3,(H2,9,10);5H,1-4H2. The second kappa shape index (κ2) is 7.24. The number of benzene rings is 1. The Kier molecular flexibility index (Phi) is 5.87. The van der Waals surface area contributed by atoms with Gasteiger partial charge in [0.2, 0.25) is 5.91 Å². The fraction of sp³-hybridized carbons (Fsp3) is 0.417. The molecule has 0 saturated carbocycles. The number of methoxy groups -OCH3 is 1. The van der Waals surface area contributed by atoms with E-state index in [9.17, 15) is 4.79 Å². The molecule has 1 heterocycles. The summed E-state index contributed by atoms with van der Waals surface area (Å²) >= 11 is 0. The molecule has 0 aromatic heterocycles. The van der Waals surface area contributed by atoms with Crippen molar-refractivity contribution in [3.63, 3.8) is 0 Å². The van der Waals surface area contributed by atoms with Crippen LogP contribution in [0.15, 0.2) is 24.3 Å². The Balaban J connectivity index is 0.000000212. The minimum absolute atomic E-state index is 0.423. The molecule has 1 fully saturated rings. The Labute approximate surface area is 98.2 Å². The van der Waals surface area contributed by atoms with E-state index >= 15 is 0 Å². The fourth-order valence-corrected chi connectivity index (χ4v) is 2.63. The van der Waals surface area contributed by atoms with Crippen LogP contribution in [0.1, 0.15) is 23.2 Å². The topological polar surface area (TPSA) is 52.3 Å². The number of nitrogens with two attached hydrogens (primary N) is 1. The average Bonchev–Trinajstić information content (AvgIpc) is 2.88. The summed E-state index contributed by atoms with van der Waals surface area (Å²) in [7, 11) is 2.88. The number of hydrogen-bond donors (Lipinski definition) is 1. The van der Waals surface area contributed by atoms with Crippen molar-refractivity contribution in [1.29, 1.82) is 0 Å². The van der Waals surface area contributed by atoms with Gasteiger partial charge in [0.1, 0.15) is 5.75 Å². The second-order valence-electron chi connectivity index (χ2n) is 3.55. The normalized spacial score (nSPS) is 13.8. The van der Waals surface area contributed by atoms with Gasteiger partial charge in [-0.2, -0.15) is 0 Å². The highest BCUT2D eigenvalue weighted by Crippen LogP contribution is 2.21. The van der Waals surface area contributed by atoms with Gasteiger partial charge in [-0.3, -0.25) is 4.79 Å². The summed E-state index contributed by atoms with van der Waals surface area (Å²) in [5.41, 5.74) is 5.52. The second-order valence-corrected chi connectivity index (χ2v) is 5.05. The van der Waals surface area contributed by atoms with E-state index in [1.54, 1.807) is 31.4 Å². The number of amides is 1. The largest absolute Gasteiger partial charge is 0.497 e. The summed E-state index contributed by atoms with van der Waals surface area (Å²) in [6.07, 6.45) is 6.08. The molecule has 0 bridgehead atoms. The van der Waals surface area contributed by atoms with E-state index < -0.39 is 5.91 Å². The minimum Gasteiger partial charge on any atom is -0.497 e. The first-order valence-electron chi connectivity index (χ1n) is 5.38. The Morgan fingerprint density at radius 1 is 1.25 bits per heavy atom. The lowest BCUT2D eigenvalue weighted by molar-refractivity contribution is 0.100. The van der Waals surface area contributed by atoms with Crippen LogP contribution in [-0.4, -0.2) is 25.3 Å². The van der Waals surface area contributed by atoms with Gasteiger partial charge in [0, 0.05) is 5.56 Å². The van der Waals surface area contributed by atoms with Gasteiger partial charge in [0.05, 0.1) is 7.11 Å². The summed E-state index contributed by atoms with van der Waals surface area (Å²) in [6.45, 7) is 0. The number of primary amides is 1. The Bertz CT molecular complexity index is 313. The molecule has 2 rings (SSSR count). The summed E-state index contributed by atoms with van der Waals surface area (Å²) in [4.78, 5) is 10.6. The van der Waals surface area contributed by atoms with Crippen LogP contribution >= 0.6 is 8.58 Å². The summed E-state index contributed by atoms with van der Waals surface area (Å²) in [6, 6.07) is 6.64. The van der Waals surface area contributed by atoms with Crippen molar-refractivity contribution >= 4 is 14.5 Å². The van der Waals surface area contributed by atoms with E-state index in [1.165, 1.54) is 33.7 Å². The highest BCUT2D eigenvalue weighted by atomic mass is 31.1. The highest BCUT2D eigenvalue weighted by Gasteiger charge is 1.98. The molecule has 0 atom stereocenters. The van der Waals surface area contributed by atoms with Crippen LogP contribution in [0.4, 0.5) is 0 Å². The lowest BCUT2D eigenvalue weighted by Crippen LogP contribution is -2.10. The van der Waals surface area contributed by atoms with Gasteiger partial charge in [-0.15, -0.1) is 8.58 Å². The molecule has 1 saturated heterocycles. The fourth-order valence-electron chi connectivity index (χ4n) is 1.38. The number of carbonyl (C=O) groups is 1. The third-order valence-corrected chi connectivity index (χ3v) is 3.75. The first kappa shape index (κ1) is 13.0. The third kappa shape index (κ3) is 4.63. The van der Waals surface area contributed by atoms with Gasteiger partial charge in [0.15, 0.2) is 0 Å². The molecule has 1 aliphatic rings. The molecule has 1 aromatic carbocycles. The van der Waals surface area contributed by atoms with Crippen LogP contribution < -0.4 is 10.5 Å². The van der Waals surface area contributed by atoms with E-state index in [0.717, 1.165) is 5.75 Å². The van der Waals surface area contributed by atoms with Gasteiger partial charge >= 0.3 is 0 Å². The first-order valence-corrected chi connectivity index (χ1v) is 6.80. The van der Waals surface area contributed by atoms with Crippen LogP contribution in [0.5, 0.6) is 5.75 Å². The molecular formula is C12H18NO2P. The number of ether oxygens (including phenoxy) is 1. The minimum atomic E-state index is -0.423. The molecule has 3 nitrogen and oxygen atoms in total. The predicted octanol–water partition coefficient (Wildman–Crippen LogP) is 2.25. The SMILES string of the molecule is C1CCPC1.COc1ccc(C(N)=O)cc1. The maximum absolute atomic E-state index is 10.6. The molecule has 0 spiro atoms. The zero-order valence-electron chi connectivity index (χ0n) is 9.53. The number of hydrogen-bond acceptors (Lipinski definition) is 2. The van der Waals surface area contributed by atoms with Crippen molar-refractivity contribution in [3.05, 3.63) is 29.8 Å². The summed E-state index contributed by atoms with van der Waals surface area (Å²) in [5.74, 6) is 0.294. The summed E-state index contributed by atoms with van der Waals surface area (Å²) in [5, 5.41) is 0. The van der Waals surface area contributed by atoms with Crippen LogP contribution in [-0.2, 0) is 0 Å². The molecule has 1 aliphatic heterocycles. The molecule has 16 heavy (non-hydrogen) atoms. The molecule has 0 radical (unpaired) electrons. The van der Waals surface area contributed by atoms with E-state index in [0.29, 0.717) is 5.56 Å². The van der Waals surface area contributed by atoms with Crippen LogP contribution in [0.2, 0.25) is 0 Å². The molecule has 4 heteroatoms. The van der Waals surface area contributed by atoms with E-state index in [4.69, 9.17) is 10.5 Å². The Morgan fingerprint density at radius 2 is 1.81 bits per heavy atom. The van der Waals surface area contributed by atoms with Gasteiger partial charge < -0.3 is 10.5 Å². The quantitative estimate of drug-likeness (QED) is 0.805. The van der Waals surface area contributed by atoms with Crippen LogP contribution in [0, 0.1) is 0 Å². The van der Waals surface area contributed by atoms with Crippen molar-refractivity contribution in [2.24, 2.45) is 5.73 Å². The van der Waals surface area contributed by atoms with Gasteiger partial charge in [0.25, 0.3) is 0 Å². The molecular weight excluding hydrogens is 221 g/mol. The van der Waals surface area contributed by atoms with Crippen molar-refractivity contribution in [1.82, 2.24) is 0 Å². The van der Waals surface area contributed by atoms with Gasteiger partial charge in [-0.05, 0) is 49.4 Å². The summed E-state index contributed by atoms with van der Waals surface area (Å²) < 4.78 is 4.90. The van der Waals surface area contributed by atoms with Gasteiger partial charge in [-0.1, -0.05) is 0 Å². The van der Waals surface area contributed by atoms with Gasteiger partial charge in [-0.25, -0.2) is 0 Å². The predicted molar refractivity (Wildman–Crippen MR) is 68.8 cm³/mol. The van der Waals surface area contributed by atoms with Crippen molar-refractivity contribution < 1.29 is 9.53 Å². The molecule has 1 aromatic rings. The van der Waals surface area contributed by atoms with Crippen LogP contribution in [0.3, 0.4) is 0 Å². The molecule has 2 N–H and O–H groups in total. The molecule has 1 amide bonds. The smallest absolute Gasteiger partial charge is 0.248 e. The van der Waals surface area contributed by atoms with E-state index in [1.807, 2.05) is 0 Å². The maximum atomic E-state index is 10.6. The Morgan fingerprint density at radius 3 is 2.12 bits per heavy atom. The van der Waals surface area contributed by atoms with Crippen LogP contribution in [0.25, 0.3) is 0 Å². The lowest BCUT2D eigenvalue weighted by atomic mass is 10.2. The number of rotatable bonds is 2. The number of carbonyl (C=O) groups excluding carboxylic acids is 1. The maximum Gasteiger partial charge on any atom is 0.248 e. The van der Waals surface area contributed by atoms with E-state index in [2.05, 4.69) is 0 Å². The molecule has 0 unspecified atom stereocenters. The van der Waals surface area contributed by atoms with Crippen molar-refractivity contribution in [2.75, 3.05) is 19.4 Å². The third-order valence-electron chi connectivity index (χ3n) is 2.33. The van der Waals surface area contributed by atoms with Crippen molar-refractivity contribution in [3.8, 4) is 5.75 Å². The lowest BCUT2D eigenvalue weighted by Gasteiger charge is -1.98. The molecule has 88 valence electrons. The van der Waals surface area contributed by atoms with E-state index in [-0.39, 0.29) is 0 Å². The molecule has 0 aliphatic carbocycles. The monoisotopic (exact) mass is 239 g/mol.